The van der Waals surface area contributed by atoms with Gasteiger partial charge in [-0.25, -0.2) is 9.97 Å². The lowest BCUT2D eigenvalue weighted by Crippen LogP contribution is -2.32. The van der Waals surface area contributed by atoms with E-state index in [1.807, 2.05) is 24.3 Å². The van der Waals surface area contributed by atoms with Gasteiger partial charge in [0.25, 0.3) is 0 Å². The average Bonchev–Trinajstić information content (AvgIpc) is 2.39. The van der Waals surface area contributed by atoms with E-state index in [2.05, 4.69) is 25.9 Å². The maximum Gasteiger partial charge on any atom is 0.320 e. The molecule has 0 radical (unpaired) electrons. The lowest BCUT2D eigenvalue weighted by molar-refractivity contribution is -0.138. The van der Waals surface area contributed by atoms with Crippen LogP contribution in [-0.2, 0) is 11.2 Å². The van der Waals surface area contributed by atoms with E-state index in [-0.39, 0.29) is 6.42 Å². The van der Waals surface area contributed by atoms with Crippen LogP contribution in [0.25, 0.3) is 11.3 Å². The van der Waals surface area contributed by atoms with E-state index in [0.29, 0.717) is 5.82 Å². The molecule has 1 atom stereocenters. The van der Waals surface area contributed by atoms with Crippen LogP contribution in [0.5, 0.6) is 0 Å². The molecule has 5 nitrogen and oxygen atoms in total. The minimum atomic E-state index is -1.06. The minimum Gasteiger partial charge on any atom is -0.480 e. The van der Waals surface area contributed by atoms with Crippen molar-refractivity contribution in [3.8, 4) is 11.3 Å². The highest BCUT2D eigenvalue weighted by atomic mass is 79.9. The predicted octanol–water partition coefficient (Wildman–Crippen LogP) is 1.86. The van der Waals surface area contributed by atoms with Gasteiger partial charge >= 0.3 is 5.97 Å². The molecule has 19 heavy (non-hydrogen) atoms. The van der Waals surface area contributed by atoms with Crippen LogP contribution in [0.3, 0.4) is 0 Å². The van der Waals surface area contributed by atoms with Gasteiger partial charge in [-0.15, -0.1) is 0 Å². The van der Waals surface area contributed by atoms with E-state index in [9.17, 15) is 4.79 Å². The smallest absolute Gasteiger partial charge is 0.320 e. The normalized spacial score (nSPS) is 12.1. The first-order chi connectivity index (χ1) is 9.06. The third-order valence-corrected chi connectivity index (χ3v) is 3.04. The Labute approximate surface area is 118 Å². The lowest BCUT2D eigenvalue weighted by atomic mass is 10.1. The number of halogens is 1. The van der Waals surface area contributed by atoms with Crippen LogP contribution in [0.1, 0.15) is 5.82 Å². The summed E-state index contributed by atoms with van der Waals surface area (Å²) in [4.78, 5) is 19.1. The molecule has 0 amide bonds. The standard InChI is InChI=1S/C13H12BrN3O2/c14-9-3-1-2-8(6-9)11-4-5-16-12(17-11)7-10(15)13(18)19/h1-6,10H,7,15H2,(H,18,19). The van der Waals surface area contributed by atoms with Gasteiger partial charge in [0.15, 0.2) is 0 Å². The Kier molecular flexibility index (Phi) is 4.24. The van der Waals surface area contributed by atoms with Gasteiger partial charge in [0.05, 0.1) is 5.69 Å². The Bertz CT molecular complexity index is 604. The highest BCUT2D eigenvalue weighted by Gasteiger charge is 2.14. The Hall–Kier alpha value is -1.79. The molecule has 1 heterocycles. The number of carbonyl (C=O) groups is 1. The zero-order valence-electron chi connectivity index (χ0n) is 9.95. The summed E-state index contributed by atoms with van der Waals surface area (Å²) < 4.78 is 0.951. The average molecular weight is 322 g/mol. The first-order valence-electron chi connectivity index (χ1n) is 5.62. The summed E-state index contributed by atoms with van der Waals surface area (Å²) in [6.45, 7) is 0. The van der Waals surface area contributed by atoms with Gasteiger partial charge < -0.3 is 10.8 Å². The molecule has 98 valence electrons. The van der Waals surface area contributed by atoms with Gasteiger partial charge in [-0.3, -0.25) is 4.79 Å². The number of benzene rings is 1. The van der Waals surface area contributed by atoms with Crippen molar-refractivity contribution in [3.05, 3.63) is 46.8 Å². The maximum atomic E-state index is 10.7. The van der Waals surface area contributed by atoms with Crippen LogP contribution in [0, 0.1) is 0 Å². The molecule has 1 aromatic heterocycles. The molecule has 0 saturated carbocycles. The van der Waals surface area contributed by atoms with E-state index in [1.165, 1.54) is 0 Å². The largest absolute Gasteiger partial charge is 0.480 e. The Morgan fingerprint density at radius 1 is 1.42 bits per heavy atom. The van der Waals surface area contributed by atoms with Crippen molar-refractivity contribution in [1.29, 1.82) is 0 Å². The highest BCUT2D eigenvalue weighted by molar-refractivity contribution is 9.10. The summed E-state index contributed by atoms with van der Waals surface area (Å²) in [5, 5.41) is 8.78. The monoisotopic (exact) mass is 321 g/mol. The van der Waals surface area contributed by atoms with Gasteiger partial charge in [0.1, 0.15) is 11.9 Å². The van der Waals surface area contributed by atoms with E-state index >= 15 is 0 Å². The fourth-order valence-electron chi connectivity index (χ4n) is 1.59. The van der Waals surface area contributed by atoms with E-state index in [1.54, 1.807) is 12.3 Å². The van der Waals surface area contributed by atoms with Crippen molar-refractivity contribution in [2.45, 2.75) is 12.5 Å². The summed E-state index contributed by atoms with van der Waals surface area (Å²) >= 11 is 3.40. The zero-order valence-corrected chi connectivity index (χ0v) is 11.5. The molecule has 2 aromatic rings. The second kappa shape index (κ2) is 5.90. The van der Waals surface area contributed by atoms with E-state index in [4.69, 9.17) is 10.8 Å². The molecular weight excluding hydrogens is 310 g/mol. The van der Waals surface area contributed by atoms with Gasteiger partial charge in [-0.1, -0.05) is 28.1 Å². The van der Waals surface area contributed by atoms with E-state index < -0.39 is 12.0 Å². The Balaban J connectivity index is 2.27. The van der Waals surface area contributed by atoms with Crippen LogP contribution >= 0.6 is 15.9 Å². The maximum absolute atomic E-state index is 10.7. The third-order valence-electron chi connectivity index (χ3n) is 2.55. The Morgan fingerprint density at radius 2 is 2.21 bits per heavy atom. The topological polar surface area (TPSA) is 89.1 Å². The van der Waals surface area contributed by atoms with E-state index in [0.717, 1.165) is 15.7 Å². The number of nitrogens with zero attached hydrogens (tertiary/aromatic N) is 2. The predicted molar refractivity (Wildman–Crippen MR) is 74.5 cm³/mol. The molecule has 0 spiro atoms. The van der Waals surface area contributed by atoms with Crippen LogP contribution < -0.4 is 5.73 Å². The van der Waals surface area contributed by atoms with Gasteiger partial charge in [-0.2, -0.15) is 0 Å². The molecule has 3 N–H and O–H groups in total. The summed E-state index contributed by atoms with van der Waals surface area (Å²) in [5.74, 6) is -0.635. The number of hydrogen-bond acceptors (Lipinski definition) is 4. The number of hydrogen-bond donors (Lipinski definition) is 2. The summed E-state index contributed by atoms with van der Waals surface area (Å²) in [6, 6.07) is 8.48. The highest BCUT2D eigenvalue weighted by Crippen LogP contribution is 2.20. The fourth-order valence-corrected chi connectivity index (χ4v) is 1.99. The fraction of sp³-hybridized carbons (Fsp3) is 0.154. The second-order valence-corrected chi connectivity index (χ2v) is 4.93. The SMILES string of the molecule is NC(Cc1nccc(-c2cccc(Br)c2)n1)C(=O)O. The molecular formula is C13H12BrN3O2. The molecule has 0 aliphatic rings. The molecule has 0 fully saturated rings. The lowest BCUT2D eigenvalue weighted by Gasteiger charge is -2.07. The molecule has 1 unspecified atom stereocenters. The zero-order chi connectivity index (χ0) is 13.8. The number of carboxylic acid groups (broad SMARTS) is 1. The van der Waals surface area contributed by atoms with Crippen molar-refractivity contribution >= 4 is 21.9 Å². The van der Waals surface area contributed by atoms with Gasteiger partial charge in [0.2, 0.25) is 0 Å². The van der Waals surface area contributed by atoms with Gasteiger partial charge in [-0.05, 0) is 18.2 Å². The minimum absolute atomic E-state index is 0.108. The number of rotatable bonds is 4. The Morgan fingerprint density at radius 3 is 2.89 bits per heavy atom. The first-order valence-corrected chi connectivity index (χ1v) is 6.42. The molecule has 0 aliphatic carbocycles. The summed E-state index contributed by atoms with van der Waals surface area (Å²) in [5.41, 5.74) is 7.15. The third kappa shape index (κ3) is 3.59. The van der Waals surface area contributed by atoms with Crippen LogP contribution in [0.2, 0.25) is 0 Å². The van der Waals surface area contributed by atoms with Crippen molar-refractivity contribution in [2.24, 2.45) is 5.73 Å². The van der Waals surface area contributed by atoms with Gasteiger partial charge in [0, 0.05) is 22.7 Å². The van der Waals surface area contributed by atoms with Crippen molar-refractivity contribution in [1.82, 2.24) is 9.97 Å². The number of aromatic nitrogens is 2. The van der Waals surface area contributed by atoms with Crippen LogP contribution in [0.15, 0.2) is 41.0 Å². The second-order valence-electron chi connectivity index (χ2n) is 4.02. The number of carboxylic acids is 1. The number of aliphatic carboxylic acids is 1. The first kappa shape index (κ1) is 13.6. The van der Waals surface area contributed by atoms with Crippen molar-refractivity contribution < 1.29 is 9.90 Å². The summed E-state index contributed by atoms with van der Waals surface area (Å²) in [6.07, 6.45) is 1.71. The molecule has 2 rings (SSSR count). The number of nitrogens with two attached hydrogens (primary N) is 1. The summed E-state index contributed by atoms with van der Waals surface area (Å²) in [7, 11) is 0. The molecule has 0 aliphatic heterocycles. The molecule has 6 heteroatoms. The van der Waals surface area contributed by atoms with Crippen molar-refractivity contribution in [3.63, 3.8) is 0 Å². The molecule has 1 aromatic carbocycles. The van der Waals surface area contributed by atoms with Crippen molar-refractivity contribution in [2.75, 3.05) is 0 Å². The van der Waals surface area contributed by atoms with Crippen LogP contribution in [0.4, 0.5) is 0 Å². The van der Waals surface area contributed by atoms with Crippen LogP contribution in [-0.4, -0.2) is 27.1 Å². The molecule has 0 bridgehead atoms. The molecule has 0 saturated heterocycles. The quantitative estimate of drug-likeness (QED) is 0.897.